The maximum absolute atomic E-state index is 13.7. The van der Waals surface area contributed by atoms with Crippen molar-refractivity contribution in [3.63, 3.8) is 0 Å². The second kappa shape index (κ2) is 6.17. The van der Waals surface area contributed by atoms with Crippen molar-refractivity contribution in [2.45, 2.75) is 26.3 Å². The molecule has 2 rings (SSSR count). The van der Waals surface area contributed by atoms with E-state index >= 15 is 0 Å². The minimum absolute atomic E-state index is 0.00375. The molecule has 19 heavy (non-hydrogen) atoms. The zero-order valence-electron chi connectivity index (χ0n) is 10.9. The van der Waals surface area contributed by atoms with Crippen molar-refractivity contribution in [1.29, 1.82) is 0 Å². The summed E-state index contributed by atoms with van der Waals surface area (Å²) in [7, 11) is 0. The fraction of sp³-hybridized carbons (Fsp3) is 0.357. The molecule has 0 radical (unpaired) electrons. The molecule has 0 aliphatic carbocycles. The number of halogens is 2. The Kier molecular flexibility index (Phi) is 4.56. The molecule has 1 N–H and O–H groups in total. The van der Waals surface area contributed by atoms with Crippen molar-refractivity contribution in [3.8, 4) is 11.3 Å². The second-order valence-corrected chi connectivity index (χ2v) is 4.80. The van der Waals surface area contributed by atoms with E-state index in [-0.39, 0.29) is 11.9 Å². The van der Waals surface area contributed by atoms with E-state index in [0.717, 1.165) is 13.0 Å². The number of hydrogen-bond acceptors (Lipinski definition) is 3. The number of benzene rings is 1. The van der Waals surface area contributed by atoms with Gasteiger partial charge in [0.1, 0.15) is 5.82 Å². The number of hydrogen-bond donors (Lipinski definition) is 1. The van der Waals surface area contributed by atoms with Crippen LogP contribution >= 0.6 is 11.6 Å². The Bertz CT molecular complexity index is 556. The number of nitrogens with one attached hydrogen (secondary N) is 1. The van der Waals surface area contributed by atoms with E-state index in [1.54, 1.807) is 0 Å². The highest BCUT2D eigenvalue weighted by Crippen LogP contribution is 2.27. The van der Waals surface area contributed by atoms with Crippen LogP contribution in [0.5, 0.6) is 0 Å². The van der Waals surface area contributed by atoms with Crippen LogP contribution in [0.2, 0.25) is 5.02 Å². The Hall–Kier alpha value is -1.39. The molecule has 0 aliphatic rings. The van der Waals surface area contributed by atoms with Crippen LogP contribution in [-0.4, -0.2) is 11.5 Å². The first-order chi connectivity index (χ1) is 9.11. The second-order valence-electron chi connectivity index (χ2n) is 4.36. The van der Waals surface area contributed by atoms with E-state index in [0.29, 0.717) is 22.2 Å². The Morgan fingerprint density at radius 2 is 2.26 bits per heavy atom. The summed E-state index contributed by atoms with van der Waals surface area (Å²) in [6, 6.07) is 4.35. The standard InChI is InChI=1S/C14H16ClFN2O/c1-3-6-17-9(2)14-18-8-13(19-14)11-7-10(15)4-5-12(11)16/h4-5,7-9,17H,3,6H2,1-2H3. The first-order valence-corrected chi connectivity index (χ1v) is 6.64. The lowest BCUT2D eigenvalue weighted by molar-refractivity contribution is 0.422. The van der Waals surface area contributed by atoms with Gasteiger partial charge in [-0.25, -0.2) is 9.37 Å². The van der Waals surface area contributed by atoms with Crippen molar-refractivity contribution >= 4 is 11.6 Å². The molecular weight excluding hydrogens is 267 g/mol. The van der Waals surface area contributed by atoms with Gasteiger partial charge in [0.15, 0.2) is 5.76 Å². The Labute approximate surface area is 116 Å². The summed E-state index contributed by atoms with van der Waals surface area (Å²) in [5, 5.41) is 3.73. The molecule has 3 nitrogen and oxygen atoms in total. The van der Waals surface area contributed by atoms with Crippen LogP contribution in [0.1, 0.15) is 32.2 Å². The molecular formula is C14H16ClFN2O. The molecule has 0 amide bonds. The van der Waals surface area contributed by atoms with Crippen LogP contribution in [-0.2, 0) is 0 Å². The fourth-order valence-electron chi connectivity index (χ4n) is 1.75. The molecule has 0 aliphatic heterocycles. The zero-order chi connectivity index (χ0) is 13.8. The topological polar surface area (TPSA) is 38.1 Å². The van der Waals surface area contributed by atoms with E-state index in [1.807, 2.05) is 6.92 Å². The van der Waals surface area contributed by atoms with Gasteiger partial charge in [-0.2, -0.15) is 0 Å². The monoisotopic (exact) mass is 282 g/mol. The third kappa shape index (κ3) is 3.33. The summed E-state index contributed by atoms with van der Waals surface area (Å²) in [6.45, 7) is 4.92. The molecule has 0 spiro atoms. The quantitative estimate of drug-likeness (QED) is 0.893. The first-order valence-electron chi connectivity index (χ1n) is 6.26. The van der Waals surface area contributed by atoms with Gasteiger partial charge in [0.25, 0.3) is 0 Å². The van der Waals surface area contributed by atoms with Gasteiger partial charge in [0, 0.05) is 5.02 Å². The predicted octanol–water partition coefficient (Wildman–Crippen LogP) is 4.19. The maximum Gasteiger partial charge on any atom is 0.211 e. The number of aromatic nitrogens is 1. The van der Waals surface area contributed by atoms with Crippen molar-refractivity contribution in [1.82, 2.24) is 10.3 Å². The smallest absolute Gasteiger partial charge is 0.211 e. The van der Waals surface area contributed by atoms with Crippen molar-refractivity contribution in [2.75, 3.05) is 6.54 Å². The van der Waals surface area contributed by atoms with Crippen LogP contribution in [0.3, 0.4) is 0 Å². The van der Waals surface area contributed by atoms with Gasteiger partial charge in [-0.3, -0.25) is 0 Å². The third-order valence-corrected chi connectivity index (χ3v) is 3.02. The summed E-state index contributed by atoms with van der Waals surface area (Å²) in [6.07, 6.45) is 2.55. The van der Waals surface area contributed by atoms with E-state index in [2.05, 4.69) is 17.2 Å². The van der Waals surface area contributed by atoms with Crippen LogP contribution < -0.4 is 5.32 Å². The minimum Gasteiger partial charge on any atom is -0.439 e. The third-order valence-electron chi connectivity index (χ3n) is 2.79. The van der Waals surface area contributed by atoms with E-state index < -0.39 is 0 Å². The van der Waals surface area contributed by atoms with E-state index in [1.165, 1.54) is 24.4 Å². The molecule has 1 unspecified atom stereocenters. The van der Waals surface area contributed by atoms with Crippen LogP contribution in [0.4, 0.5) is 4.39 Å². The molecule has 0 saturated heterocycles. The highest BCUT2D eigenvalue weighted by molar-refractivity contribution is 6.30. The average molecular weight is 283 g/mol. The summed E-state index contributed by atoms with van der Waals surface area (Å²) < 4.78 is 19.3. The predicted molar refractivity (Wildman–Crippen MR) is 73.6 cm³/mol. The number of oxazole rings is 1. The Morgan fingerprint density at radius 1 is 1.47 bits per heavy atom. The van der Waals surface area contributed by atoms with Gasteiger partial charge in [0.2, 0.25) is 5.89 Å². The van der Waals surface area contributed by atoms with Crippen LogP contribution in [0, 0.1) is 5.82 Å². The zero-order valence-corrected chi connectivity index (χ0v) is 11.7. The molecule has 0 bridgehead atoms. The lowest BCUT2D eigenvalue weighted by atomic mass is 10.2. The Balaban J connectivity index is 2.23. The number of nitrogens with zero attached hydrogens (tertiary/aromatic N) is 1. The number of rotatable bonds is 5. The first kappa shape index (κ1) is 14.0. The molecule has 1 aromatic carbocycles. The molecule has 0 saturated carbocycles. The lowest BCUT2D eigenvalue weighted by Gasteiger charge is -2.08. The maximum atomic E-state index is 13.7. The molecule has 1 heterocycles. The largest absolute Gasteiger partial charge is 0.439 e. The van der Waals surface area contributed by atoms with Crippen LogP contribution in [0.15, 0.2) is 28.8 Å². The van der Waals surface area contributed by atoms with Gasteiger partial charge in [-0.15, -0.1) is 0 Å². The minimum atomic E-state index is -0.374. The van der Waals surface area contributed by atoms with E-state index in [4.69, 9.17) is 16.0 Å². The van der Waals surface area contributed by atoms with Crippen molar-refractivity contribution in [3.05, 3.63) is 41.1 Å². The van der Waals surface area contributed by atoms with Gasteiger partial charge in [-0.05, 0) is 38.1 Å². The van der Waals surface area contributed by atoms with Gasteiger partial charge in [-0.1, -0.05) is 18.5 Å². The molecule has 1 aromatic heterocycles. The Morgan fingerprint density at radius 3 is 3.00 bits per heavy atom. The molecule has 5 heteroatoms. The average Bonchev–Trinajstić information content (AvgIpc) is 2.88. The molecule has 2 aromatic rings. The van der Waals surface area contributed by atoms with Gasteiger partial charge >= 0.3 is 0 Å². The van der Waals surface area contributed by atoms with Crippen LogP contribution in [0.25, 0.3) is 11.3 Å². The highest BCUT2D eigenvalue weighted by atomic mass is 35.5. The summed E-state index contributed by atoms with van der Waals surface area (Å²) in [5.74, 6) is 0.559. The highest BCUT2D eigenvalue weighted by Gasteiger charge is 2.15. The summed E-state index contributed by atoms with van der Waals surface area (Å²) in [4.78, 5) is 4.18. The molecule has 102 valence electrons. The lowest BCUT2D eigenvalue weighted by Crippen LogP contribution is -2.19. The summed E-state index contributed by atoms with van der Waals surface area (Å²) in [5.41, 5.74) is 0.328. The van der Waals surface area contributed by atoms with E-state index in [9.17, 15) is 4.39 Å². The van der Waals surface area contributed by atoms with Gasteiger partial charge < -0.3 is 9.73 Å². The molecule has 1 atom stereocenters. The van der Waals surface area contributed by atoms with Crippen molar-refractivity contribution in [2.24, 2.45) is 0 Å². The van der Waals surface area contributed by atoms with Crippen molar-refractivity contribution < 1.29 is 8.81 Å². The summed E-state index contributed by atoms with van der Waals surface area (Å²) >= 11 is 5.86. The van der Waals surface area contributed by atoms with Gasteiger partial charge in [0.05, 0.1) is 17.8 Å². The SMILES string of the molecule is CCCNC(C)c1ncc(-c2cc(Cl)ccc2F)o1. The fourth-order valence-corrected chi connectivity index (χ4v) is 1.92. The normalized spacial score (nSPS) is 12.6. The molecule has 0 fully saturated rings.